The molecule has 0 radical (unpaired) electrons. The molecule has 0 aromatic rings. The summed E-state index contributed by atoms with van der Waals surface area (Å²) in [5.41, 5.74) is 0. The van der Waals surface area contributed by atoms with Crippen molar-refractivity contribution in [3.05, 3.63) is 0 Å². The Labute approximate surface area is 68.2 Å². The molecular weight excluding hydrogens is 142 g/mol. The van der Waals surface area contributed by atoms with Gasteiger partial charge < -0.3 is 4.90 Å². The normalized spacial score (nSPS) is 23.4. The largest absolute Gasteiger partial charge is 0.306 e. The second kappa shape index (κ2) is 4.24. The molecule has 1 heterocycles. The van der Waals surface area contributed by atoms with Crippen LogP contribution in [0.3, 0.4) is 0 Å². The Hall–Kier alpha value is 0.310. The fourth-order valence-corrected chi connectivity index (χ4v) is 2.27. The summed E-state index contributed by atoms with van der Waals surface area (Å²) in [7, 11) is 2.22. The van der Waals surface area contributed by atoms with Crippen molar-refractivity contribution >= 4 is 11.8 Å². The first-order valence-corrected chi connectivity index (χ1v) is 5.40. The summed E-state index contributed by atoms with van der Waals surface area (Å²) in [5, 5.41) is 0. The molecular formula is C8H17NS. The molecule has 1 fully saturated rings. The van der Waals surface area contributed by atoms with Gasteiger partial charge in [0, 0.05) is 0 Å². The second-order valence-corrected chi connectivity index (χ2v) is 4.11. The van der Waals surface area contributed by atoms with Crippen molar-refractivity contribution in [1.29, 1.82) is 0 Å². The van der Waals surface area contributed by atoms with Gasteiger partial charge in [0.25, 0.3) is 0 Å². The van der Waals surface area contributed by atoms with Gasteiger partial charge in [0.05, 0.1) is 0 Å². The van der Waals surface area contributed by atoms with Crippen LogP contribution < -0.4 is 0 Å². The number of hydrogen-bond donors (Lipinski definition) is 0. The third kappa shape index (κ3) is 2.51. The van der Waals surface area contributed by atoms with Gasteiger partial charge in [-0.3, -0.25) is 0 Å². The lowest BCUT2D eigenvalue weighted by molar-refractivity contribution is 0.232. The number of piperidine rings is 1. The van der Waals surface area contributed by atoms with Crippen molar-refractivity contribution in [2.24, 2.45) is 5.92 Å². The zero-order chi connectivity index (χ0) is 7.40. The maximum absolute atomic E-state index is 2.43. The highest BCUT2D eigenvalue weighted by atomic mass is 32.2. The fraction of sp³-hybridized carbons (Fsp3) is 1.00. The van der Waals surface area contributed by atoms with Crippen LogP contribution in [0.4, 0.5) is 0 Å². The molecule has 0 aromatic carbocycles. The lowest BCUT2D eigenvalue weighted by atomic mass is 10.00. The maximum atomic E-state index is 2.43. The highest BCUT2D eigenvalue weighted by molar-refractivity contribution is 7.98. The third-order valence-corrected chi connectivity index (χ3v) is 3.05. The van der Waals surface area contributed by atoms with Crippen molar-refractivity contribution in [2.45, 2.75) is 12.8 Å². The average Bonchev–Trinajstić information content (AvgIpc) is 1.95. The van der Waals surface area contributed by atoms with Crippen LogP contribution in [-0.2, 0) is 0 Å². The van der Waals surface area contributed by atoms with Crippen molar-refractivity contribution in [2.75, 3.05) is 32.1 Å². The van der Waals surface area contributed by atoms with Gasteiger partial charge in [0.15, 0.2) is 0 Å². The number of hydrogen-bond acceptors (Lipinski definition) is 2. The summed E-state index contributed by atoms with van der Waals surface area (Å²) in [4.78, 5) is 2.43. The average molecular weight is 159 g/mol. The van der Waals surface area contributed by atoms with E-state index in [-0.39, 0.29) is 0 Å². The van der Waals surface area contributed by atoms with E-state index < -0.39 is 0 Å². The Kier molecular flexibility index (Phi) is 3.57. The minimum Gasteiger partial charge on any atom is -0.306 e. The molecule has 0 bridgehead atoms. The van der Waals surface area contributed by atoms with Crippen LogP contribution in [0.5, 0.6) is 0 Å². The van der Waals surface area contributed by atoms with Gasteiger partial charge in [-0.05, 0) is 50.9 Å². The van der Waals surface area contributed by atoms with Gasteiger partial charge in [0.2, 0.25) is 0 Å². The van der Waals surface area contributed by atoms with Gasteiger partial charge in [0.1, 0.15) is 0 Å². The maximum Gasteiger partial charge on any atom is -0.00188 e. The van der Waals surface area contributed by atoms with Crippen molar-refractivity contribution in [3.8, 4) is 0 Å². The molecule has 0 saturated carbocycles. The van der Waals surface area contributed by atoms with Crippen molar-refractivity contribution in [1.82, 2.24) is 4.90 Å². The quantitative estimate of drug-likeness (QED) is 0.603. The van der Waals surface area contributed by atoms with E-state index in [0.29, 0.717) is 0 Å². The van der Waals surface area contributed by atoms with E-state index in [9.17, 15) is 0 Å². The molecule has 0 N–H and O–H groups in total. The summed E-state index contributed by atoms with van der Waals surface area (Å²) in [6.45, 7) is 2.62. The van der Waals surface area contributed by atoms with E-state index in [0.717, 1.165) is 5.92 Å². The molecule has 1 aliphatic heterocycles. The van der Waals surface area contributed by atoms with E-state index >= 15 is 0 Å². The van der Waals surface area contributed by atoms with E-state index in [1.807, 2.05) is 11.8 Å². The van der Waals surface area contributed by atoms with Crippen molar-refractivity contribution < 1.29 is 0 Å². The van der Waals surface area contributed by atoms with Crippen LogP contribution in [0.2, 0.25) is 0 Å². The summed E-state index contributed by atoms with van der Waals surface area (Å²) in [5.74, 6) is 2.37. The lowest BCUT2D eigenvalue weighted by Gasteiger charge is -2.28. The number of likely N-dealkylation sites (tertiary alicyclic amines) is 1. The van der Waals surface area contributed by atoms with Crippen LogP contribution in [0.25, 0.3) is 0 Å². The van der Waals surface area contributed by atoms with E-state index in [4.69, 9.17) is 0 Å². The molecule has 10 heavy (non-hydrogen) atoms. The molecule has 1 saturated heterocycles. The SMILES string of the molecule is CSCC1CCN(C)CC1. The van der Waals surface area contributed by atoms with Crippen LogP contribution in [0.15, 0.2) is 0 Å². The standard InChI is InChI=1S/C8H17NS/c1-9-5-3-8(4-6-9)7-10-2/h8H,3-7H2,1-2H3. The molecule has 0 aliphatic carbocycles. The first-order valence-electron chi connectivity index (χ1n) is 4.00. The van der Waals surface area contributed by atoms with Crippen LogP contribution in [0.1, 0.15) is 12.8 Å². The van der Waals surface area contributed by atoms with Crippen LogP contribution in [0, 0.1) is 5.92 Å². The number of rotatable bonds is 2. The third-order valence-electron chi connectivity index (χ3n) is 2.24. The highest BCUT2D eigenvalue weighted by Gasteiger charge is 2.15. The first kappa shape index (κ1) is 8.41. The topological polar surface area (TPSA) is 3.24 Å². The highest BCUT2D eigenvalue weighted by Crippen LogP contribution is 2.18. The Morgan fingerprint density at radius 2 is 2.00 bits per heavy atom. The summed E-state index contributed by atoms with van der Waals surface area (Å²) >= 11 is 1.99. The molecule has 1 aliphatic rings. The molecule has 60 valence electrons. The molecule has 0 spiro atoms. The molecule has 2 heteroatoms. The minimum atomic E-state index is 1.01. The van der Waals surface area contributed by atoms with Gasteiger partial charge in [-0.25, -0.2) is 0 Å². The number of nitrogens with zero attached hydrogens (tertiary/aromatic N) is 1. The molecule has 0 amide bonds. The van der Waals surface area contributed by atoms with Gasteiger partial charge >= 0.3 is 0 Å². The minimum absolute atomic E-state index is 1.01. The predicted molar refractivity (Wildman–Crippen MR) is 48.6 cm³/mol. The van der Waals surface area contributed by atoms with Gasteiger partial charge in [-0.2, -0.15) is 11.8 Å². The number of thioether (sulfide) groups is 1. The zero-order valence-corrected chi connectivity index (χ0v) is 7.78. The van der Waals surface area contributed by atoms with Crippen molar-refractivity contribution in [3.63, 3.8) is 0 Å². The monoisotopic (exact) mass is 159 g/mol. The first-order chi connectivity index (χ1) is 4.83. The molecule has 0 aromatic heterocycles. The Balaban J connectivity index is 2.13. The predicted octanol–water partition coefficient (Wildman–Crippen LogP) is 1.69. The fourth-order valence-electron chi connectivity index (χ4n) is 1.46. The summed E-state index contributed by atoms with van der Waals surface area (Å²) < 4.78 is 0. The van der Waals surface area contributed by atoms with E-state index in [2.05, 4.69) is 18.2 Å². The van der Waals surface area contributed by atoms with Crippen LogP contribution >= 0.6 is 11.8 Å². The Morgan fingerprint density at radius 3 is 2.50 bits per heavy atom. The van der Waals surface area contributed by atoms with Crippen LogP contribution in [-0.4, -0.2) is 37.0 Å². The molecule has 0 atom stereocenters. The van der Waals surface area contributed by atoms with E-state index in [1.54, 1.807) is 0 Å². The molecule has 1 nitrogen and oxygen atoms in total. The van der Waals surface area contributed by atoms with Gasteiger partial charge in [-0.1, -0.05) is 0 Å². The molecule has 1 rings (SSSR count). The Bertz CT molecular complexity index is 87.3. The van der Waals surface area contributed by atoms with E-state index in [1.165, 1.54) is 31.7 Å². The zero-order valence-electron chi connectivity index (χ0n) is 6.97. The molecule has 0 unspecified atom stereocenters. The second-order valence-electron chi connectivity index (χ2n) is 3.20. The lowest BCUT2D eigenvalue weighted by Crippen LogP contribution is -2.30. The summed E-state index contributed by atoms with van der Waals surface area (Å²) in [6, 6.07) is 0. The smallest absolute Gasteiger partial charge is 0.00188 e. The van der Waals surface area contributed by atoms with Gasteiger partial charge in [-0.15, -0.1) is 0 Å². The summed E-state index contributed by atoms with van der Waals surface area (Å²) in [6.07, 6.45) is 5.03. The Morgan fingerprint density at radius 1 is 1.40 bits per heavy atom.